The summed E-state index contributed by atoms with van der Waals surface area (Å²) in [6.07, 6.45) is 5.65. The van der Waals surface area contributed by atoms with Gasteiger partial charge in [0.05, 0.1) is 30.1 Å². The fraction of sp³-hybridized carbons (Fsp3) is 0.618. The number of amides is 3. The van der Waals surface area contributed by atoms with E-state index in [9.17, 15) is 19.5 Å². The molecule has 3 amide bonds. The second kappa shape index (κ2) is 13.2. The third kappa shape index (κ3) is 5.39. The zero-order chi connectivity index (χ0) is 31.5. The van der Waals surface area contributed by atoms with Crippen LogP contribution >= 0.6 is 0 Å². The second-order valence-corrected chi connectivity index (χ2v) is 12.2. The van der Waals surface area contributed by atoms with Crippen LogP contribution in [0.3, 0.4) is 0 Å². The number of benzene rings is 1. The largest absolute Gasteiger partial charge is 0.394 e. The number of rotatable bonds is 15. The molecule has 3 aliphatic rings. The fourth-order valence-corrected chi connectivity index (χ4v) is 7.77. The van der Waals surface area contributed by atoms with Crippen molar-refractivity contribution in [1.82, 2.24) is 9.80 Å². The normalized spacial score (nSPS) is 28.0. The van der Waals surface area contributed by atoms with E-state index in [1.807, 2.05) is 45.0 Å². The van der Waals surface area contributed by atoms with Crippen LogP contribution in [-0.4, -0.2) is 95.2 Å². The van der Waals surface area contributed by atoms with Gasteiger partial charge in [0.25, 0.3) is 5.91 Å². The number of anilines is 2. The first-order valence-corrected chi connectivity index (χ1v) is 15.9. The summed E-state index contributed by atoms with van der Waals surface area (Å²) < 4.78 is 6.83. The minimum absolute atomic E-state index is 0.135. The Hall–Kier alpha value is -3.17. The van der Waals surface area contributed by atoms with Crippen LogP contribution in [0.15, 0.2) is 49.6 Å². The second-order valence-electron chi connectivity index (χ2n) is 12.2. The third-order valence-corrected chi connectivity index (χ3v) is 9.81. The number of aliphatic hydroxyl groups excluding tert-OH is 1. The highest BCUT2D eigenvalue weighted by Crippen LogP contribution is 2.64. The lowest BCUT2D eigenvalue weighted by molar-refractivity contribution is -0.152. The summed E-state index contributed by atoms with van der Waals surface area (Å²) >= 11 is 0. The maximum Gasteiger partial charge on any atom is 0.253 e. The Morgan fingerprint density at radius 3 is 2.21 bits per heavy atom. The first-order valence-electron chi connectivity index (χ1n) is 15.9. The minimum Gasteiger partial charge on any atom is -0.394 e. The third-order valence-electron chi connectivity index (χ3n) is 9.81. The highest BCUT2D eigenvalue weighted by atomic mass is 16.5. The van der Waals surface area contributed by atoms with Gasteiger partial charge in [-0.05, 0) is 70.7 Å². The molecule has 9 nitrogen and oxygen atoms in total. The summed E-state index contributed by atoms with van der Waals surface area (Å²) in [5, 5.41) is 10.4. The Morgan fingerprint density at radius 2 is 1.67 bits per heavy atom. The van der Waals surface area contributed by atoms with Crippen molar-refractivity contribution in [2.24, 2.45) is 11.8 Å². The van der Waals surface area contributed by atoms with Gasteiger partial charge < -0.3 is 29.4 Å². The average molecular weight is 595 g/mol. The van der Waals surface area contributed by atoms with E-state index in [1.54, 1.807) is 26.9 Å². The van der Waals surface area contributed by atoms with Gasteiger partial charge in [-0.15, -0.1) is 13.2 Å². The van der Waals surface area contributed by atoms with E-state index in [1.165, 1.54) is 0 Å². The van der Waals surface area contributed by atoms with Crippen molar-refractivity contribution >= 4 is 29.1 Å². The highest BCUT2D eigenvalue weighted by molar-refractivity contribution is 6.05. The van der Waals surface area contributed by atoms with Crippen LogP contribution in [0.25, 0.3) is 0 Å². The summed E-state index contributed by atoms with van der Waals surface area (Å²) in [6.45, 7) is 20.4. The summed E-state index contributed by atoms with van der Waals surface area (Å²) in [7, 11) is 0. The lowest BCUT2D eigenvalue weighted by atomic mass is 9.66. The summed E-state index contributed by atoms with van der Waals surface area (Å²) in [4.78, 5) is 50.6. The number of hydrogen-bond acceptors (Lipinski definition) is 6. The first kappa shape index (κ1) is 32.7. The zero-order valence-corrected chi connectivity index (χ0v) is 26.6. The Morgan fingerprint density at radius 1 is 1.05 bits per heavy atom. The number of nitrogens with zero attached hydrogens (tertiary/aromatic N) is 4. The number of carbonyl (C=O) groups is 3. The molecule has 3 heterocycles. The van der Waals surface area contributed by atoms with Gasteiger partial charge in [-0.2, -0.15) is 0 Å². The van der Waals surface area contributed by atoms with Crippen LogP contribution in [0.1, 0.15) is 60.3 Å². The molecule has 1 N–H and O–H groups in total. The van der Waals surface area contributed by atoms with Crippen LogP contribution in [0.2, 0.25) is 0 Å². The van der Waals surface area contributed by atoms with Crippen LogP contribution in [-0.2, 0) is 19.1 Å². The van der Waals surface area contributed by atoms with Gasteiger partial charge in [0.15, 0.2) is 0 Å². The van der Waals surface area contributed by atoms with Gasteiger partial charge in [0, 0.05) is 44.1 Å². The number of aliphatic hydroxyl groups is 1. The van der Waals surface area contributed by atoms with E-state index in [-0.39, 0.29) is 30.9 Å². The molecule has 43 heavy (non-hydrogen) atoms. The molecule has 1 aromatic rings. The van der Waals surface area contributed by atoms with Gasteiger partial charge in [-0.3, -0.25) is 14.4 Å². The number of carbonyl (C=O) groups excluding carboxylic acids is 3. The molecule has 3 saturated heterocycles. The Balaban J connectivity index is 1.80. The number of likely N-dealkylation sites (tertiary alicyclic amines) is 1. The molecule has 2 unspecified atom stereocenters. The lowest BCUT2D eigenvalue weighted by Gasteiger charge is -2.39. The molecule has 236 valence electrons. The molecule has 3 fully saturated rings. The van der Waals surface area contributed by atoms with E-state index in [0.29, 0.717) is 38.0 Å². The number of hydrogen-bond donors (Lipinski definition) is 1. The molecule has 0 aromatic heterocycles. The molecule has 3 aliphatic heterocycles. The van der Waals surface area contributed by atoms with Gasteiger partial charge in [0.2, 0.25) is 11.8 Å². The zero-order valence-electron chi connectivity index (χ0n) is 26.6. The monoisotopic (exact) mass is 594 g/mol. The minimum atomic E-state index is -1.17. The molecule has 9 heteroatoms. The first-order chi connectivity index (χ1) is 20.6. The molecule has 1 spiro atoms. The maximum atomic E-state index is 14.8. The summed E-state index contributed by atoms with van der Waals surface area (Å²) in [6, 6.07) is 6.29. The van der Waals surface area contributed by atoms with E-state index in [0.717, 1.165) is 25.2 Å². The van der Waals surface area contributed by atoms with Crippen LogP contribution in [0.5, 0.6) is 0 Å². The molecule has 0 radical (unpaired) electrons. The standard InChI is InChI=1S/C34H50N4O5/c1-8-20-36(21-9-2)30(40)27-28-31(41)38(24(11-4)23-39)29(34(28)19-18-33(27,7)43-34)32(42)37(22-10-3)26-16-14-25(15-17-26)35(12-5)13-6/h8,10,14-17,24,27-29,39H,1,3,9,11-13,18-23H2,2,4-7H3/t24-,27+,28-,29?,33-,34?/m0/s1. The smallest absolute Gasteiger partial charge is 0.253 e. The molecular formula is C34H50N4O5. The van der Waals surface area contributed by atoms with Gasteiger partial charge in [-0.1, -0.05) is 26.0 Å². The van der Waals surface area contributed by atoms with Crippen molar-refractivity contribution in [3.05, 3.63) is 49.6 Å². The molecule has 2 bridgehead atoms. The molecule has 0 saturated carbocycles. The van der Waals surface area contributed by atoms with Crippen molar-refractivity contribution in [1.29, 1.82) is 0 Å². The Labute approximate surface area is 257 Å². The maximum absolute atomic E-state index is 14.8. The van der Waals surface area contributed by atoms with E-state index < -0.39 is 35.1 Å². The number of ether oxygens (including phenoxy) is 1. The van der Waals surface area contributed by atoms with Crippen LogP contribution in [0, 0.1) is 11.8 Å². The van der Waals surface area contributed by atoms with Crippen molar-refractivity contribution in [2.75, 3.05) is 49.1 Å². The van der Waals surface area contributed by atoms with Gasteiger partial charge in [-0.25, -0.2) is 0 Å². The SMILES string of the molecule is C=CCN(CCC)C(=O)[C@H]1[C@H]2C(=O)N([C@@H](CC)CO)C(C(=O)N(CC=C)c3ccc(N(CC)CC)cc3)C23CC[C@]1(C)O3. The van der Waals surface area contributed by atoms with E-state index in [2.05, 4.69) is 31.9 Å². The molecule has 0 aliphatic carbocycles. The van der Waals surface area contributed by atoms with E-state index >= 15 is 0 Å². The molecule has 1 aromatic carbocycles. The average Bonchev–Trinajstić information content (AvgIpc) is 3.58. The predicted molar refractivity (Wildman–Crippen MR) is 170 cm³/mol. The van der Waals surface area contributed by atoms with E-state index in [4.69, 9.17) is 4.74 Å². The van der Waals surface area contributed by atoms with Crippen molar-refractivity contribution in [3.63, 3.8) is 0 Å². The highest BCUT2D eigenvalue weighted by Gasteiger charge is 2.78. The van der Waals surface area contributed by atoms with Crippen LogP contribution < -0.4 is 9.80 Å². The Kier molecular flexibility index (Phi) is 10.1. The van der Waals surface area contributed by atoms with Crippen molar-refractivity contribution < 1.29 is 24.2 Å². The number of fused-ring (bicyclic) bond motifs is 1. The van der Waals surface area contributed by atoms with Crippen LogP contribution in [0.4, 0.5) is 11.4 Å². The summed E-state index contributed by atoms with van der Waals surface area (Å²) in [5.74, 6) is -2.24. The van der Waals surface area contributed by atoms with Gasteiger partial charge in [0.1, 0.15) is 11.6 Å². The molecule has 6 atom stereocenters. The fourth-order valence-electron chi connectivity index (χ4n) is 7.77. The topological polar surface area (TPSA) is 93.6 Å². The summed E-state index contributed by atoms with van der Waals surface area (Å²) in [5.41, 5.74) is -0.286. The van der Waals surface area contributed by atoms with Crippen molar-refractivity contribution in [2.45, 2.75) is 83.6 Å². The quantitative estimate of drug-likeness (QED) is 0.309. The Bertz CT molecular complexity index is 1200. The molecular weight excluding hydrogens is 544 g/mol. The predicted octanol–water partition coefficient (Wildman–Crippen LogP) is 4.01. The van der Waals surface area contributed by atoms with Crippen molar-refractivity contribution in [3.8, 4) is 0 Å². The molecule has 4 rings (SSSR count). The lowest BCUT2D eigenvalue weighted by Crippen LogP contribution is -2.59. The van der Waals surface area contributed by atoms with Gasteiger partial charge >= 0.3 is 0 Å².